The molecule has 24 heavy (non-hydrogen) atoms. The Morgan fingerprint density at radius 2 is 1.75 bits per heavy atom. The molecule has 0 unspecified atom stereocenters. The van der Waals surface area contributed by atoms with Crippen LogP contribution in [0.1, 0.15) is 30.0 Å². The average Bonchev–Trinajstić information content (AvgIpc) is 3.02. The number of rotatable bonds is 4. The summed E-state index contributed by atoms with van der Waals surface area (Å²) < 4.78 is 27.2. The van der Waals surface area contributed by atoms with Gasteiger partial charge in [-0.15, -0.1) is 11.3 Å². The van der Waals surface area contributed by atoms with E-state index in [0.717, 1.165) is 28.6 Å². The SMILES string of the molecule is CC.OCc1nc(-c2cc(F)ccc2F)sc1Cc1ccccc1. The van der Waals surface area contributed by atoms with Crippen molar-refractivity contribution in [1.82, 2.24) is 4.98 Å². The Kier molecular flexibility index (Phi) is 6.58. The third-order valence-electron chi connectivity index (χ3n) is 3.29. The Morgan fingerprint density at radius 1 is 1.04 bits per heavy atom. The molecule has 0 fully saturated rings. The Bertz CT molecular complexity index is 787. The van der Waals surface area contributed by atoms with Crippen LogP contribution in [0.2, 0.25) is 0 Å². The van der Waals surface area contributed by atoms with Crippen molar-refractivity contribution in [2.24, 2.45) is 0 Å². The van der Waals surface area contributed by atoms with Gasteiger partial charge in [-0.25, -0.2) is 13.8 Å². The summed E-state index contributed by atoms with van der Waals surface area (Å²) in [5.74, 6) is -1.03. The topological polar surface area (TPSA) is 33.1 Å². The first kappa shape index (κ1) is 18.2. The van der Waals surface area contributed by atoms with Crippen LogP contribution in [-0.4, -0.2) is 10.1 Å². The van der Waals surface area contributed by atoms with Gasteiger partial charge in [-0.3, -0.25) is 0 Å². The maximum atomic E-state index is 13.9. The van der Waals surface area contributed by atoms with Crippen LogP contribution in [-0.2, 0) is 13.0 Å². The minimum atomic E-state index is -0.522. The zero-order valence-corrected chi connectivity index (χ0v) is 14.4. The van der Waals surface area contributed by atoms with Crippen molar-refractivity contribution in [3.63, 3.8) is 0 Å². The summed E-state index contributed by atoms with van der Waals surface area (Å²) in [6.07, 6.45) is 0.603. The Morgan fingerprint density at radius 3 is 2.42 bits per heavy atom. The van der Waals surface area contributed by atoms with Gasteiger partial charge < -0.3 is 5.11 Å². The number of thiazole rings is 1. The van der Waals surface area contributed by atoms with Crippen LogP contribution >= 0.6 is 11.3 Å². The van der Waals surface area contributed by atoms with Crippen LogP contribution in [0.3, 0.4) is 0 Å². The van der Waals surface area contributed by atoms with Gasteiger partial charge in [0.15, 0.2) is 0 Å². The zero-order valence-electron chi connectivity index (χ0n) is 13.6. The number of aliphatic hydroxyl groups is 1. The summed E-state index contributed by atoms with van der Waals surface area (Å²) in [6, 6.07) is 13.0. The van der Waals surface area contributed by atoms with Crippen LogP contribution < -0.4 is 0 Å². The maximum Gasteiger partial charge on any atom is 0.133 e. The highest BCUT2D eigenvalue weighted by Crippen LogP contribution is 2.32. The van der Waals surface area contributed by atoms with Crippen molar-refractivity contribution in [3.05, 3.63) is 76.3 Å². The Hall–Kier alpha value is -2.11. The van der Waals surface area contributed by atoms with Gasteiger partial charge in [-0.1, -0.05) is 44.2 Å². The van der Waals surface area contributed by atoms with Crippen LogP contribution in [0, 0.1) is 11.6 Å². The second kappa shape index (κ2) is 8.66. The average molecular weight is 347 g/mol. The Labute approximate surface area is 144 Å². The van der Waals surface area contributed by atoms with Crippen molar-refractivity contribution in [1.29, 1.82) is 0 Å². The summed E-state index contributed by atoms with van der Waals surface area (Å²) >= 11 is 1.28. The molecule has 0 atom stereocenters. The molecule has 0 aliphatic carbocycles. The third-order valence-corrected chi connectivity index (χ3v) is 4.43. The van der Waals surface area contributed by atoms with E-state index in [1.165, 1.54) is 11.3 Å². The molecule has 0 bridgehead atoms. The highest BCUT2D eigenvalue weighted by molar-refractivity contribution is 7.15. The Balaban J connectivity index is 0.00000100. The smallest absolute Gasteiger partial charge is 0.133 e. The van der Waals surface area contributed by atoms with E-state index in [9.17, 15) is 13.9 Å². The lowest BCUT2D eigenvalue weighted by atomic mass is 10.1. The summed E-state index contributed by atoms with van der Waals surface area (Å²) in [5, 5.41) is 9.84. The molecular formula is C19H19F2NOS. The number of aliphatic hydroxyl groups excluding tert-OH is 1. The highest BCUT2D eigenvalue weighted by Gasteiger charge is 2.15. The lowest BCUT2D eigenvalue weighted by Gasteiger charge is -1.99. The molecular weight excluding hydrogens is 328 g/mol. The van der Waals surface area contributed by atoms with Crippen LogP contribution in [0.15, 0.2) is 48.5 Å². The van der Waals surface area contributed by atoms with E-state index < -0.39 is 11.6 Å². The van der Waals surface area contributed by atoms with Gasteiger partial charge in [-0.05, 0) is 23.8 Å². The molecule has 5 heteroatoms. The van der Waals surface area contributed by atoms with Gasteiger partial charge in [0.2, 0.25) is 0 Å². The molecule has 0 amide bonds. The lowest BCUT2D eigenvalue weighted by molar-refractivity contribution is 0.276. The quantitative estimate of drug-likeness (QED) is 0.704. The van der Waals surface area contributed by atoms with E-state index in [4.69, 9.17) is 0 Å². The van der Waals surface area contributed by atoms with E-state index in [1.807, 2.05) is 44.2 Å². The maximum absolute atomic E-state index is 13.9. The van der Waals surface area contributed by atoms with Gasteiger partial charge in [0.05, 0.1) is 12.3 Å². The van der Waals surface area contributed by atoms with E-state index in [-0.39, 0.29) is 12.2 Å². The molecule has 3 aromatic rings. The van der Waals surface area contributed by atoms with Gasteiger partial charge in [0.25, 0.3) is 0 Å². The minimum absolute atomic E-state index is 0.124. The van der Waals surface area contributed by atoms with Gasteiger partial charge in [0.1, 0.15) is 16.6 Å². The van der Waals surface area contributed by atoms with Gasteiger partial charge in [0, 0.05) is 16.9 Å². The van der Waals surface area contributed by atoms with E-state index >= 15 is 0 Å². The minimum Gasteiger partial charge on any atom is -0.390 e. The molecule has 0 aliphatic heterocycles. The largest absolute Gasteiger partial charge is 0.390 e. The lowest BCUT2D eigenvalue weighted by Crippen LogP contribution is -1.92. The highest BCUT2D eigenvalue weighted by atomic mass is 32.1. The van der Waals surface area contributed by atoms with Crippen molar-refractivity contribution < 1.29 is 13.9 Å². The first-order valence-electron chi connectivity index (χ1n) is 7.76. The third kappa shape index (κ3) is 4.24. The number of aromatic nitrogens is 1. The second-order valence-corrected chi connectivity index (χ2v) is 5.92. The number of halogens is 2. The predicted octanol–water partition coefficient (Wildman–Crippen LogP) is 5.20. The molecule has 1 heterocycles. The van der Waals surface area contributed by atoms with Crippen LogP contribution in [0.4, 0.5) is 8.78 Å². The van der Waals surface area contributed by atoms with Gasteiger partial charge in [-0.2, -0.15) is 0 Å². The molecule has 1 N–H and O–H groups in total. The fourth-order valence-corrected chi connectivity index (χ4v) is 3.33. The molecule has 2 nitrogen and oxygen atoms in total. The fourth-order valence-electron chi connectivity index (χ4n) is 2.20. The molecule has 0 aliphatic rings. The molecule has 0 radical (unpaired) electrons. The standard InChI is InChI=1S/C17H13F2NOS.C2H6/c18-12-6-7-14(19)13(9-12)17-20-15(10-21)16(22-17)8-11-4-2-1-3-5-11;1-2/h1-7,9,21H,8,10H2;1-2H3. The monoisotopic (exact) mass is 347 g/mol. The second-order valence-electron chi connectivity index (χ2n) is 4.83. The molecule has 0 spiro atoms. The number of nitrogens with zero attached hydrogens (tertiary/aromatic N) is 1. The van der Waals surface area contributed by atoms with Crippen LogP contribution in [0.5, 0.6) is 0 Å². The molecule has 0 saturated heterocycles. The molecule has 3 rings (SSSR count). The summed E-state index contributed by atoms with van der Waals surface area (Å²) in [7, 11) is 0. The van der Waals surface area contributed by atoms with Crippen molar-refractivity contribution in [2.45, 2.75) is 26.9 Å². The predicted molar refractivity (Wildman–Crippen MR) is 94.0 cm³/mol. The molecule has 1 aromatic heterocycles. The van der Waals surface area contributed by atoms with Crippen LogP contribution in [0.25, 0.3) is 10.6 Å². The number of hydrogen-bond acceptors (Lipinski definition) is 3. The number of hydrogen-bond donors (Lipinski definition) is 1. The summed E-state index contributed by atoms with van der Waals surface area (Å²) in [6.45, 7) is 3.77. The van der Waals surface area contributed by atoms with E-state index in [2.05, 4.69) is 4.98 Å². The molecule has 2 aromatic carbocycles. The van der Waals surface area contributed by atoms with Crippen molar-refractivity contribution >= 4 is 11.3 Å². The van der Waals surface area contributed by atoms with Gasteiger partial charge >= 0.3 is 0 Å². The van der Waals surface area contributed by atoms with E-state index in [0.29, 0.717) is 17.1 Å². The summed E-state index contributed by atoms with van der Waals surface area (Å²) in [4.78, 5) is 5.11. The first-order chi connectivity index (χ1) is 11.7. The normalized spacial score (nSPS) is 10.2. The van der Waals surface area contributed by atoms with Crippen molar-refractivity contribution in [3.8, 4) is 10.6 Å². The summed E-state index contributed by atoms with van der Waals surface area (Å²) in [5.41, 5.74) is 1.71. The zero-order chi connectivity index (χ0) is 17.5. The fraction of sp³-hybridized carbons (Fsp3) is 0.211. The van der Waals surface area contributed by atoms with Crippen molar-refractivity contribution in [2.75, 3.05) is 0 Å². The number of benzene rings is 2. The molecule has 0 saturated carbocycles. The molecule has 126 valence electrons. The first-order valence-corrected chi connectivity index (χ1v) is 8.58. The van der Waals surface area contributed by atoms with E-state index in [1.54, 1.807) is 0 Å².